The molecule has 5 heterocycles. The van der Waals surface area contributed by atoms with Crippen LogP contribution in [0.1, 0.15) is 89.3 Å². The Balaban J connectivity index is 1.88. The maximum absolute atomic E-state index is 12.9. The van der Waals surface area contributed by atoms with E-state index >= 15 is 0 Å². The quantitative estimate of drug-likeness (QED) is 0.280. The van der Waals surface area contributed by atoms with Crippen molar-refractivity contribution < 1.29 is 19.1 Å². The number of rotatable bonds is 7. The van der Waals surface area contributed by atoms with Gasteiger partial charge in [-0.25, -0.2) is 0 Å². The van der Waals surface area contributed by atoms with Gasteiger partial charge in [-0.05, 0) is 86.6 Å². The lowest BCUT2D eigenvalue weighted by Crippen LogP contribution is -2.16. The molecule has 0 saturated carbocycles. The number of H-pyrrole nitrogens is 3. The number of esters is 2. The first-order valence-corrected chi connectivity index (χ1v) is 15.3. The fraction of sp³-hybridized carbons (Fsp3) is 0.389. The molecule has 2 atom stereocenters. The molecule has 2 aliphatic rings. The van der Waals surface area contributed by atoms with E-state index in [1.165, 1.54) is 25.3 Å². The summed E-state index contributed by atoms with van der Waals surface area (Å²) in [6.07, 6.45) is 10.2. The molecular weight excluding hydrogens is 552 g/mol. The normalized spacial score (nSPS) is 17.4. The van der Waals surface area contributed by atoms with Crippen LogP contribution < -0.4 is 16.0 Å². The largest absolute Gasteiger partial charge is 0.469 e. The topological polar surface area (TPSA) is 112 Å². The number of aromatic nitrogens is 3. The third-order valence-electron chi connectivity index (χ3n) is 9.66. The number of carbonyl (C=O) groups excluding carboxylic acids is 2. The minimum Gasteiger partial charge on any atom is -0.469 e. The lowest BCUT2D eigenvalue weighted by molar-refractivity contribution is -0.141. The predicted molar refractivity (Wildman–Crippen MR) is 176 cm³/mol. The molecule has 8 nitrogen and oxygen atoms in total. The van der Waals surface area contributed by atoms with Gasteiger partial charge < -0.3 is 29.7 Å². The van der Waals surface area contributed by atoms with Crippen LogP contribution in [-0.4, -0.2) is 41.1 Å². The van der Waals surface area contributed by atoms with Crippen molar-refractivity contribution in [1.82, 2.24) is 20.3 Å². The van der Waals surface area contributed by atoms with Crippen molar-refractivity contribution in [3.05, 3.63) is 84.8 Å². The molecule has 5 rings (SSSR count). The van der Waals surface area contributed by atoms with Crippen LogP contribution in [0, 0.1) is 39.5 Å². The van der Waals surface area contributed by atoms with E-state index in [2.05, 4.69) is 86.6 Å². The Morgan fingerprint density at radius 3 is 2.20 bits per heavy atom. The van der Waals surface area contributed by atoms with E-state index in [0.717, 1.165) is 79.1 Å². The SMILES string of the molecule is C=Cc1c2[nH]c(c1C)C=C1NC(=C(CC(=O)OC)c3[nH]c(c(C)c3C)C=c3[nH]c(c(C)c3CC)=C2)[C@@H](CCC(=O)OC)[C@@H]1C. The van der Waals surface area contributed by atoms with Crippen LogP contribution in [0.15, 0.2) is 18.0 Å². The number of ether oxygens (including phenoxy) is 2. The van der Waals surface area contributed by atoms with Crippen molar-refractivity contribution in [1.29, 1.82) is 0 Å². The molecule has 0 aromatic carbocycles. The van der Waals surface area contributed by atoms with E-state index in [-0.39, 0.29) is 36.6 Å². The molecule has 0 unspecified atom stereocenters. The Morgan fingerprint density at radius 2 is 1.55 bits per heavy atom. The van der Waals surface area contributed by atoms with Gasteiger partial charge in [-0.15, -0.1) is 0 Å². The molecule has 3 aromatic rings. The van der Waals surface area contributed by atoms with E-state index in [4.69, 9.17) is 9.47 Å². The predicted octanol–water partition coefficient (Wildman–Crippen LogP) is 5.20. The van der Waals surface area contributed by atoms with Crippen LogP contribution in [0.5, 0.6) is 0 Å². The summed E-state index contributed by atoms with van der Waals surface area (Å²) in [5.74, 6) is -0.589. The van der Waals surface area contributed by atoms with E-state index in [1.54, 1.807) is 0 Å². The summed E-state index contributed by atoms with van der Waals surface area (Å²) >= 11 is 0. The van der Waals surface area contributed by atoms with E-state index in [0.29, 0.717) is 6.42 Å². The monoisotopic (exact) mass is 596 g/mol. The van der Waals surface area contributed by atoms with Crippen molar-refractivity contribution >= 4 is 41.8 Å². The molecule has 8 bridgehead atoms. The number of fused-ring (bicyclic) bond motifs is 8. The first-order valence-electron chi connectivity index (χ1n) is 15.3. The Hall–Kier alpha value is -4.46. The highest BCUT2D eigenvalue weighted by atomic mass is 16.5. The van der Waals surface area contributed by atoms with Gasteiger partial charge in [-0.2, -0.15) is 0 Å². The van der Waals surface area contributed by atoms with Gasteiger partial charge >= 0.3 is 11.9 Å². The third-order valence-corrected chi connectivity index (χ3v) is 9.66. The van der Waals surface area contributed by atoms with E-state index < -0.39 is 0 Å². The van der Waals surface area contributed by atoms with Gasteiger partial charge in [0.05, 0.1) is 20.6 Å². The average molecular weight is 597 g/mol. The summed E-state index contributed by atoms with van der Waals surface area (Å²) in [7, 11) is 2.83. The lowest BCUT2D eigenvalue weighted by atomic mass is 9.85. The standard InChI is InChI=1S/C36H44N4O4/c1-10-23-20(5)28-15-30-22(7)25(12-13-33(41)43-8)36(40-30)26(14-34(42)44-9)35-19(4)18(3)27(39-35)16-31-24(11-2)21(6)29(38-31)17-32(23)37-28/h10,15-17,22,25,37-40H,1,11-14H2,2-9H3/t22-,25-/m0/s1. The smallest absolute Gasteiger partial charge is 0.310 e. The zero-order chi connectivity index (χ0) is 31.9. The highest BCUT2D eigenvalue weighted by Crippen LogP contribution is 2.42. The highest BCUT2D eigenvalue weighted by Gasteiger charge is 2.36. The summed E-state index contributed by atoms with van der Waals surface area (Å²) in [5.41, 5.74) is 13.4. The number of nitrogens with one attached hydrogen (secondary N) is 4. The summed E-state index contributed by atoms with van der Waals surface area (Å²) in [6.45, 7) is 16.9. The van der Waals surface area contributed by atoms with Gasteiger partial charge in [-0.3, -0.25) is 9.59 Å². The number of hydrogen-bond acceptors (Lipinski definition) is 5. The second-order valence-electron chi connectivity index (χ2n) is 11.9. The van der Waals surface area contributed by atoms with Crippen molar-refractivity contribution in [3.63, 3.8) is 0 Å². The molecule has 2 aliphatic heterocycles. The Morgan fingerprint density at radius 1 is 0.864 bits per heavy atom. The molecule has 0 amide bonds. The Labute approximate surface area is 259 Å². The zero-order valence-corrected chi connectivity index (χ0v) is 27.1. The lowest BCUT2D eigenvalue weighted by Gasteiger charge is -2.19. The number of hydrogen-bond donors (Lipinski definition) is 4. The third kappa shape index (κ3) is 5.38. The van der Waals surface area contributed by atoms with Crippen molar-refractivity contribution in [2.24, 2.45) is 11.8 Å². The van der Waals surface area contributed by atoms with Gasteiger partial charge in [0, 0.05) is 74.3 Å². The molecule has 8 heteroatoms. The number of carbonyl (C=O) groups is 2. The molecular formula is C36H44N4O4. The van der Waals surface area contributed by atoms with Gasteiger partial charge in [0.2, 0.25) is 0 Å². The second kappa shape index (κ2) is 12.3. The minimum absolute atomic E-state index is 0.0441. The van der Waals surface area contributed by atoms with Gasteiger partial charge in [0.15, 0.2) is 0 Å². The van der Waals surface area contributed by atoms with Gasteiger partial charge in [0.1, 0.15) is 0 Å². The fourth-order valence-corrected chi connectivity index (χ4v) is 6.78. The van der Waals surface area contributed by atoms with Crippen LogP contribution in [0.25, 0.3) is 29.9 Å². The summed E-state index contributed by atoms with van der Waals surface area (Å²) in [6, 6.07) is 0. The maximum atomic E-state index is 12.9. The molecule has 0 aliphatic carbocycles. The van der Waals surface area contributed by atoms with E-state index in [9.17, 15) is 9.59 Å². The fourth-order valence-electron chi connectivity index (χ4n) is 6.78. The number of aromatic amines is 3. The van der Waals surface area contributed by atoms with Crippen LogP contribution in [0.3, 0.4) is 0 Å². The van der Waals surface area contributed by atoms with Gasteiger partial charge in [0.25, 0.3) is 0 Å². The van der Waals surface area contributed by atoms with Crippen LogP contribution in [-0.2, 0) is 25.5 Å². The average Bonchev–Trinajstić information content (AvgIpc) is 3.68. The summed E-state index contributed by atoms with van der Waals surface area (Å²) < 4.78 is 10.2. The van der Waals surface area contributed by atoms with Crippen LogP contribution in [0.4, 0.5) is 0 Å². The van der Waals surface area contributed by atoms with Crippen molar-refractivity contribution in [2.45, 2.75) is 67.2 Å². The molecule has 1 fully saturated rings. The molecule has 4 N–H and O–H groups in total. The highest BCUT2D eigenvalue weighted by molar-refractivity contribution is 5.88. The summed E-state index contributed by atoms with van der Waals surface area (Å²) in [5, 5.41) is 5.82. The molecule has 44 heavy (non-hydrogen) atoms. The second-order valence-corrected chi connectivity index (χ2v) is 11.9. The molecule has 0 spiro atoms. The maximum Gasteiger partial charge on any atom is 0.310 e. The minimum atomic E-state index is -0.327. The van der Waals surface area contributed by atoms with Crippen LogP contribution >= 0.6 is 0 Å². The van der Waals surface area contributed by atoms with E-state index in [1.807, 2.05) is 6.08 Å². The molecule has 1 saturated heterocycles. The van der Waals surface area contributed by atoms with Crippen molar-refractivity contribution in [3.8, 4) is 0 Å². The Bertz CT molecular complexity index is 1840. The summed E-state index contributed by atoms with van der Waals surface area (Å²) in [4.78, 5) is 36.2. The van der Waals surface area contributed by atoms with Gasteiger partial charge in [-0.1, -0.05) is 26.5 Å². The number of allylic oxidation sites excluding steroid dienone is 2. The van der Waals surface area contributed by atoms with Crippen LogP contribution in [0.2, 0.25) is 0 Å². The Kier molecular flexibility index (Phi) is 8.64. The zero-order valence-electron chi connectivity index (χ0n) is 27.1. The molecule has 232 valence electrons. The molecule has 3 aromatic heterocycles. The first-order chi connectivity index (χ1) is 21.0. The number of methoxy groups -OCH3 is 2. The van der Waals surface area contributed by atoms with Crippen molar-refractivity contribution in [2.75, 3.05) is 14.2 Å². The molecule has 0 radical (unpaired) electrons. The first kappa shape index (κ1) is 31.0.